The summed E-state index contributed by atoms with van der Waals surface area (Å²) in [7, 11) is 3.59. The van der Waals surface area contributed by atoms with Crippen molar-refractivity contribution >= 4 is 27.5 Å². The van der Waals surface area contributed by atoms with E-state index in [-0.39, 0.29) is 5.91 Å². The highest BCUT2D eigenvalue weighted by Crippen LogP contribution is 2.30. The molecule has 0 aliphatic carbocycles. The Bertz CT molecular complexity index is 789. The summed E-state index contributed by atoms with van der Waals surface area (Å²) in [6.45, 7) is 1.96. The molecule has 0 fully saturated rings. The van der Waals surface area contributed by atoms with Crippen LogP contribution in [0.4, 0.5) is 0 Å². The summed E-state index contributed by atoms with van der Waals surface area (Å²) in [6, 6.07) is 11.8. The fraction of sp³-hybridized carbons (Fsp3) is 0.200. The van der Waals surface area contributed by atoms with Crippen molar-refractivity contribution < 1.29 is 4.79 Å². The van der Waals surface area contributed by atoms with E-state index in [0.717, 1.165) is 21.6 Å². The van der Waals surface area contributed by atoms with Gasteiger partial charge in [-0.15, -0.1) is 11.3 Å². The first-order valence-electron chi connectivity index (χ1n) is 6.59. The SMILES string of the molecule is Cc1nn(-c2ccccc2)c2sc(C(=O)NN(C)C)cc12. The lowest BCUT2D eigenvalue weighted by Crippen LogP contribution is -2.35. The predicted octanol–water partition coefficient (Wildman–Crippen LogP) is 2.60. The van der Waals surface area contributed by atoms with Crippen LogP contribution < -0.4 is 5.43 Å². The Balaban J connectivity index is 2.08. The second-order valence-electron chi connectivity index (χ2n) is 5.00. The Morgan fingerprint density at radius 3 is 2.67 bits per heavy atom. The minimum atomic E-state index is -0.0970. The Morgan fingerprint density at radius 1 is 1.29 bits per heavy atom. The van der Waals surface area contributed by atoms with Gasteiger partial charge in [-0.05, 0) is 25.1 Å². The highest BCUT2D eigenvalue weighted by atomic mass is 32.1. The molecule has 108 valence electrons. The molecule has 1 amide bonds. The van der Waals surface area contributed by atoms with E-state index < -0.39 is 0 Å². The van der Waals surface area contributed by atoms with E-state index >= 15 is 0 Å². The molecule has 2 aromatic heterocycles. The molecule has 0 spiro atoms. The topological polar surface area (TPSA) is 50.2 Å². The predicted molar refractivity (Wildman–Crippen MR) is 84.8 cm³/mol. The lowest BCUT2D eigenvalue weighted by atomic mass is 10.3. The molecule has 0 unspecified atom stereocenters. The van der Waals surface area contributed by atoms with E-state index in [1.54, 1.807) is 19.1 Å². The molecule has 1 N–H and O–H groups in total. The lowest BCUT2D eigenvalue weighted by molar-refractivity contribution is 0.0861. The van der Waals surface area contributed by atoms with Gasteiger partial charge in [-0.3, -0.25) is 10.2 Å². The normalized spacial score (nSPS) is 11.2. The van der Waals surface area contributed by atoms with Crippen LogP contribution in [0.3, 0.4) is 0 Å². The van der Waals surface area contributed by atoms with Crippen LogP contribution in [0, 0.1) is 6.92 Å². The average molecular weight is 300 g/mol. The number of aryl methyl sites for hydroxylation is 1. The summed E-state index contributed by atoms with van der Waals surface area (Å²) in [4.78, 5) is 13.8. The zero-order valence-electron chi connectivity index (χ0n) is 12.1. The van der Waals surface area contributed by atoms with Crippen LogP contribution in [-0.4, -0.2) is 34.8 Å². The number of benzene rings is 1. The zero-order chi connectivity index (χ0) is 15.0. The molecule has 0 saturated carbocycles. The molecular weight excluding hydrogens is 284 g/mol. The van der Waals surface area contributed by atoms with E-state index in [2.05, 4.69) is 10.5 Å². The summed E-state index contributed by atoms with van der Waals surface area (Å²) >= 11 is 1.45. The molecule has 0 atom stereocenters. The van der Waals surface area contributed by atoms with E-state index in [0.29, 0.717) is 4.88 Å². The van der Waals surface area contributed by atoms with Crippen LogP contribution in [0.5, 0.6) is 0 Å². The quantitative estimate of drug-likeness (QED) is 0.756. The van der Waals surface area contributed by atoms with Gasteiger partial charge in [0, 0.05) is 19.5 Å². The lowest BCUT2D eigenvalue weighted by Gasteiger charge is -2.10. The summed E-state index contributed by atoms with van der Waals surface area (Å²) in [6.07, 6.45) is 0. The summed E-state index contributed by atoms with van der Waals surface area (Å²) in [5.74, 6) is -0.0970. The van der Waals surface area contributed by atoms with Gasteiger partial charge in [0.25, 0.3) is 5.91 Å². The molecule has 1 aromatic carbocycles. The van der Waals surface area contributed by atoms with Crippen LogP contribution in [0.1, 0.15) is 15.4 Å². The van der Waals surface area contributed by atoms with Gasteiger partial charge in [0.1, 0.15) is 4.83 Å². The molecule has 21 heavy (non-hydrogen) atoms. The molecule has 0 aliphatic rings. The van der Waals surface area contributed by atoms with E-state index in [1.807, 2.05) is 48.0 Å². The monoisotopic (exact) mass is 300 g/mol. The third kappa shape index (κ3) is 2.55. The van der Waals surface area contributed by atoms with E-state index in [1.165, 1.54) is 11.3 Å². The molecule has 6 heteroatoms. The van der Waals surface area contributed by atoms with Crippen molar-refractivity contribution in [3.05, 3.63) is 47.0 Å². The third-order valence-electron chi connectivity index (χ3n) is 3.09. The molecule has 2 heterocycles. The van der Waals surface area contributed by atoms with Crippen molar-refractivity contribution in [2.45, 2.75) is 6.92 Å². The summed E-state index contributed by atoms with van der Waals surface area (Å²) < 4.78 is 1.89. The van der Waals surface area contributed by atoms with Crippen LogP contribution >= 0.6 is 11.3 Å². The number of thiophene rings is 1. The standard InChI is InChI=1S/C15H16N4OS/c1-10-12-9-13(14(20)17-18(2)3)21-15(12)19(16-10)11-7-5-4-6-8-11/h4-9H,1-3H3,(H,17,20). The van der Waals surface area contributed by atoms with Crippen molar-refractivity contribution in [1.82, 2.24) is 20.2 Å². The third-order valence-corrected chi connectivity index (χ3v) is 4.20. The maximum atomic E-state index is 12.1. The molecule has 5 nitrogen and oxygen atoms in total. The average Bonchev–Trinajstić information content (AvgIpc) is 3.00. The fourth-order valence-electron chi connectivity index (χ4n) is 2.16. The number of nitrogens with one attached hydrogen (secondary N) is 1. The highest BCUT2D eigenvalue weighted by molar-refractivity contribution is 7.20. The Hall–Kier alpha value is -2.18. The van der Waals surface area contributed by atoms with Gasteiger partial charge in [0.2, 0.25) is 0 Å². The number of fused-ring (bicyclic) bond motifs is 1. The Labute approximate surface area is 126 Å². The number of carbonyl (C=O) groups is 1. The van der Waals surface area contributed by atoms with Gasteiger partial charge in [-0.25, -0.2) is 9.69 Å². The minimum Gasteiger partial charge on any atom is -0.285 e. The first-order chi connectivity index (χ1) is 10.1. The van der Waals surface area contributed by atoms with Gasteiger partial charge in [0.15, 0.2) is 0 Å². The Kier molecular flexibility index (Phi) is 3.48. The fourth-order valence-corrected chi connectivity index (χ4v) is 3.23. The van der Waals surface area contributed by atoms with Crippen molar-refractivity contribution in [2.24, 2.45) is 0 Å². The van der Waals surface area contributed by atoms with Gasteiger partial charge < -0.3 is 0 Å². The largest absolute Gasteiger partial charge is 0.285 e. The van der Waals surface area contributed by atoms with Crippen molar-refractivity contribution in [1.29, 1.82) is 0 Å². The van der Waals surface area contributed by atoms with Gasteiger partial charge in [-0.1, -0.05) is 18.2 Å². The van der Waals surface area contributed by atoms with Crippen LogP contribution in [0.25, 0.3) is 15.9 Å². The molecule has 0 saturated heterocycles. The molecule has 3 rings (SSSR count). The van der Waals surface area contributed by atoms with Crippen molar-refractivity contribution in [2.75, 3.05) is 14.1 Å². The second kappa shape index (κ2) is 5.31. The number of hydrogen-bond acceptors (Lipinski definition) is 4. The minimum absolute atomic E-state index is 0.0970. The number of hydrogen-bond donors (Lipinski definition) is 1. The van der Waals surface area contributed by atoms with E-state index in [9.17, 15) is 4.79 Å². The van der Waals surface area contributed by atoms with Gasteiger partial charge >= 0.3 is 0 Å². The molecule has 0 radical (unpaired) electrons. The summed E-state index contributed by atoms with van der Waals surface area (Å²) in [5.41, 5.74) is 4.69. The zero-order valence-corrected chi connectivity index (χ0v) is 12.9. The summed E-state index contributed by atoms with van der Waals surface area (Å²) in [5, 5.41) is 7.23. The molecule has 0 aliphatic heterocycles. The second-order valence-corrected chi connectivity index (χ2v) is 6.03. The maximum Gasteiger partial charge on any atom is 0.275 e. The highest BCUT2D eigenvalue weighted by Gasteiger charge is 2.17. The number of rotatable bonds is 3. The number of hydrazine groups is 1. The molecule has 3 aromatic rings. The van der Waals surface area contributed by atoms with Crippen LogP contribution in [-0.2, 0) is 0 Å². The Morgan fingerprint density at radius 2 is 2.00 bits per heavy atom. The van der Waals surface area contributed by atoms with E-state index in [4.69, 9.17) is 0 Å². The number of para-hydroxylation sites is 1. The number of aromatic nitrogens is 2. The van der Waals surface area contributed by atoms with Crippen LogP contribution in [0.2, 0.25) is 0 Å². The maximum absolute atomic E-state index is 12.1. The van der Waals surface area contributed by atoms with Crippen molar-refractivity contribution in [3.63, 3.8) is 0 Å². The van der Waals surface area contributed by atoms with Crippen LogP contribution in [0.15, 0.2) is 36.4 Å². The molecular formula is C15H16N4OS. The first-order valence-corrected chi connectivity index (χ1v) is 7.41. The number of nitrogens with zero attached hydrogens (tertiary/aromatic N) is 3. The first kappa shape index (κ1) is 13.8. The molecule has 0 bridgehead atoms. The number of amides is 1. The smallest absolute Gasteiger partial charge is 0.275 e. The van der Waals surface area contributed by atoms with Gasteiger partial charge in [-0.2, -0.15) is 5.10 Å². The van der Waals surface area contributed by atoms with Gasteiger partial charge in [0.05, 0.1) is 16.3 Å². The number of carbonyl (C=O) groups excluding carboxylic acids is 1. The van der Waals surface area contributed by atoms with Crippen molar-refractivity contribution in [3.8, 4) is 5.69 Å².